The molecule has 0 fully saturated rings. The molecule has 0 aliphatic heterocycles. The molecule has 0 saturated carbocycles. The molecule has 0 amide bonds. The second kappa shape index (κ2) is 52.5. The van der Waals surface area contributed by atoms with Gasteiger partial charge >= 0.3 is 17.9 Å². The molecule has 0 aromatic rings. The van der Waals surface area contributed by atoms with E-state index in [1.54, 1.807) is 0 Å². The molecule has 0 saturated heterocycles. The van der Waals surface area contributed by atoms with Crippen LogP contribution in [0.1, 0.15) is 303 Å². The summed E-state index contributed by atoms with van der Waals surface area (Å²) in [5, 5.41) is 0. The molecule has 0 aliphatic carbocycles. The summed E-state index contributed by atoms with van der Waals surface area (Å²) in [6, 6.07) is 0. The number of rotatable bonds is 51. The predicted octanol–water partition coefficient (Wildman–Crippen LogP) is 18.3. The maximum atomic E-state index is 12.7. The number of ether oxygens (including phenoxy) is 3. The van der Waals surface area contributed by atoms with Crippen LogP contribution in [0.15, 0.2) is 24.3 Å². The first kappa shape index (κ1) is 60.9. The Kier molecular flexibility index (Phi) is 50.8. The molecule has 63 heavy (non-hydrogen) atoms. The summed E-state index contributed by atoms with van der Waals surface area (Å²) in [5.74, 6) is -0.880. The van der Waals surface area contributed by atoms with E-state index in [0.717, 1.165) is 89.9 Å². The molecule has 6 nitrogen and oxygen atoms in total. The van der Waals surface area contributed by atoms with Crippen LogP contribution in [-0.2, 0) is 28.6 Å². The van der Waals surface area contributed by atoms with Crippen LogP contribution in [0.3, 0.4) is 0 Å². The van der Waals surface area contributed by atoms with E-state index in [2.05, 4.69) is 45.1 Å². The Labute approximate surface area is 392 Å². The van der Waals surface area contributed by atoms with Crippen LogP contribution in [0.4, 0.5) is 0 Å². The van der Waals surface area contributed by atoms with Crippen molar-refractivity contribution < 1.29 is 28.6 Å². The third-order valence-electron chi connectivity index (χ3n) is 12.4. The minimum Gasteiger partial charge on any atom is -0.462 e. The first-order chi connectivity index (χ1) is 31.0. The molecular weight excluding hydrogens is 781 g/mol. The van der Waals surface area contributed by atoms with Crippen molar-refractivity contribution in [2.45, 2.75) is 309 Å². The molecule has 0 aliphatic rings. The van der Waals surface area contributed by atoms with Gasteiger partial charge in [0.15, 0.2) is 6.10 Å². The van der Waals surface area contributed by atoms with Gasteiger partial charge in [-0.25, -0.2) is 0 Å². The fourth-order valence-corrected chi connectivity index (χ4v) is 8.25. The lowest BCUT2D eigenvalue weighted by Crippen LogP contribution is -2.30. The van der Waals surface area contributed by atoms with Crippen molar-refractivity contribution in [3.8, 4) is 0 Å². The lowest BCUT2D eigenvalue weighted by Gasteiger charge is -2.18. The molecule has 0 bridgehead atoms. The zero-order chi connectivity index (χ0) is 45.8. The standard InChI is InChI=1S/C57H106O6/c1-4-7-10-13-16-18-20-22-23-24-25-26-27-28-29-30-31-32-33-35-36-38-41-44-47-50-56(59)62-53-54(52-61-55(58)49-46-43-40-15-12-9-6-3)63-57(60)51-48-45-42-39-37-34-21-19-17-14-11-8-5-2/h11,14,19,21,54H,4-10,12-13,15-18,20,22-53H2,1-3H3/b14-11-,21-19-. The Bertz CT molecular complexity index is 1020. The summed E-state index contributed by atoms with van der Waals surface area (Å²) in [6.45, 7) is 6.56. The van der Waals surface area contributed by atoms with Crippen LogP contribution < -0.4 is 0 Å². The van der Waals surface area contributed by atoms with Crippen molar-refractivity contribution in [1.82, 2.24) is 0 Å². The van der Waals surface area contributed by atoms with E-state index in [9.17, 15) is 14.4 Å². The number of esters is 3. The molecule has 1 atom stereocenters. The Hall–Kier alpha value is -2.11. The monoisotopic (exact) mass is 887 g/mol. The van der Waals surface area contributed by atoms with Crippen LogP contribution in [0.25, 0.3) is 0 Å². The molecule has 0 heterocycles. The maximum absolute atomic E-state index is 12.7. The zero-order valence-electron chi connectivity index (χ0n) is 42.4. The average Bonchev–Trinajstić information content (AvgIpc) is 3.28. The van der Waals surface area contributed by atoms with Gasteiger partial charge in [0, 0.05) is 19.3 Å². The van der Waals surface area contributed by atoms with Crippen molar-refractivity contribution in [2.75, 3.05) is 13.2 Å². The number of unbranched alkanes of at least 4 members (excludes halogenated alkanes) is 36. The van der Waals surface area contributed by atoms with Gasteiger partial charge in [-0.05, 0) is 44.9 Å². The fraction of sp³-hybridized carbons (Fsp3) is 0.877. The van der Waals surface area contributed by atoms with Crippen molar-refractivity contribution in [1.29, 1.82) is 0 Å². The van der Waals surface area contributed by atoms with E-state index in [-0.39, 0.29) is 31.1 Å². The summed E-state index contributed by atoms with van der Waals surface area (Å²) in [4.78, 5) is 37.8. The van der Waals surface area contributed by atoms with E-state index in [1.807, 2.05) is 0 Å². The highest BCUT2D eigenvalue weighted by Crippen LogP contribution is 2.17. The average molecular weight is 887 g/mol. The van der Waals surface area contributed by atoms with E-state index in [0.29, 0.717) is 19.3 Å². The zero-order valence-corrected chi connectivity index (χ0v) is 42.4. The maximum Gasteiger partial charge on any atom is 0.306 e. The van der Waals surface area contributed by atoms with Crippen LogP contribution in [0.2, 0.25) is 0 Å². The third kappa shape index (κ3) is 50.7. The summed E-state index contributed by atoms with van der Waals surface area (Å²) in [6.07, 6.45) is 60.6. The molecule has 0 aromatic heterocycles. The van der Waals surface area contributed by atoms with E-state index in [1.165, 1.54) is 173 Å². The van der Waals surface area contributed by atoms with E-state index >= 15 is 0 Å². The number of carbonyl (C=O) groups excluding carboxylic acids is 3. The van der Waals surface area contributed by atoms with Crippen molar-refractivity contribution >= 4 is 17.9 Å². The van der Waals surface area contributed by atoms with Gasteiger partial charge in [0.05, 0.1) is 0 Å². The first-order valence-corrected chi connectivity index (χ1v) is 27.8. The SMILES string of the molecule is CCC/C=C\C/C=C\CCCCCCCC(=O)OC(COC(=O)CCCCCCCCC)COC(=O)CCCCCCCCCCCCCCCCCCCCCCCCCCC. The molecular formula is C57H106O6. The number of hydrogen-bond donors (Lipinski definition) is 0. The minimum atomic E-state index is -0.771. The van der Waals surface area contributed by atoms with Crippen molar-refractivity contribution in [2.24, 2.45) is 0 Å². The van der Waals surface area contributed by atoms with E-state index < -0.39 is 6.10 Å². The van der Waals surface area contributed by atoms with Gasteiger partial charge in [0.1, 0.15) is 13.2 Å². The van der Waals surface area contributed by atoms with Gasteiger partial charge in [-0.2, -0.15) is 0 Å². The van der Waals surface area contributed by atoms with Gasteiger partial charge in [0.25, 0.3) is 0 Å². The Morgan fingerprint density at radius 1 is 0.317 bits per heavy atom. The highest BCUT2D eigenvalue weighted by atomic mass is 16.6. The van der Waals surface area contributed by atoms with Gasteiger partial charge in [-0.15, -0.1) is 0 Å². The lowest BCUT2D eigenvalue weighted by atomic mass is 10.0. The summed E-state index contributed by atoms with van der Waals surface area (Å²) in [7, 11) is 0. The number of carbonyl (C=O) groups is 3. The Morgan fingerprint density at radius 3 is 0.937 bits per heavy atom. The minimum absolute atomic E-state index is 0.0728. The van der Waals surface area contributed by atoms with Gasteiger partial charge < -0.3 is 14.2 Å². The first-order valence-electron chi connectivity index (χ1n) is 27.8. The van der Waals surface area contributed by atoms with Crippen molar-refractivity contribution in [3.63, 3.8) is 0 Å². The van der Waals surface area contributed by atoms with Crippen LogP contribution in [-0.4, -0.2) is 37.2 Å². The smallest absolute Gasteiger partial charge is 0.306 e. The Morgan fingerprint density at radius 2 is 0.603 bits per heavy atom. The van der Waals surface area contributed by atoms with Crippen LogP contribution >= 0.6 is 0 Å². The summed E-state index contributed by atoms with van der Waals surface area (Å²) < 4.78 is 16.7. The van der Waals surface area contributed by atoms with Gasteiger partial charge in [-0.1, -0.05) is 263 Å². The van der Waals surface area contributed by atoms with Crippen LogP contribution in [0.5, 0.6) is 0 Å². The highest BCUT2D eigenvalue weighted by Gasteiger charge is 2.19. The molecule has 370 valence electrons. The highest BCUT2D eigenvalue weighted by molar-refractivity contribution is 5.71. The second-order valence-electron chi connectivity index (χ2n) is 18.9. The Balaban J connectivity index is 4.06. The molecule has 6 heteroatoms. The number of hydrogen-bond acceptors (Lipinski definition) is 6. The summed E-state index contributed by atoms with van der Waals surface area (Å²) in [5.41, 5.74) is 0. The second-order valence-corrected chi connectivity index (χ2v) is 18.9. The molecule has 0 aromatic carbocycles. The third-order valence-corrected chi connectivity index (χ3v) is 12.4. The number of allylic oxidation sites excluding steroid dienone is 4. The molecule has 0 rings (SSSR count). The molecule has 0 N–H and O–H groups in total. The fourth-order valence-electron chi connectivity index (χ4n) is 8.25. The van der Waals surface area contributed by atoms with E-state index in [4.69, 9.17) is 14.2 Å². The largest absolute Gasteiger partial charge is 0.462 e. The normalized spacial score (nSPS) is 12.1. The summed E-state index contributed by atoms with van der Waals surface area (Å²) >= 11 is 0. The van der Waals surface area contributed by atoms with Gasteiger partial charge in [0.2, 0.25) is 0 Å². The van der Waals surface area contributed by atoms with Crippen LogP contribution in [0, 0.1) is 0 Å². The molecule has 0 radical (unpaired) electrons. The quantitative estimate of drug-likeness (QED) is 0.0262. The predicted molar refractivity (Wildman–Crippen MR) is 270 cm³/mol. The van der Waals surface area contributed by atoms with Crippen molar-refractivity contribution in [3.05, 3.63) is 24.3 Å². The lowest BCUT2D eigenvalue weighted by molar-refractivity contribution is -0.167. The van der Waals surface area contributed by atoms with Gasteiger partial charge in [-0.3, -0.25) is 14.4 Å². The molecule has 0 spiro atoms. The topological polar surface area (TPSA) is 78.9 Å². The molecule has 1 unspecified atom stereocenters.